The number of nitrogens with zero attached hydrogens (tertiary/aromatic N) is 4. The molecule has 0 spiro atoms. The number of amides is 1. The van der Waals surface area contributed by atoms with Gasteiger partial charge in [-0.3, -0.25) is 4.79 Å². The molecule has 0 unspecified atom stereocenters. The smallest absolute Gasteiger partial charge is 0.412 e. The number of nitrogens with two attached hydrogens (primary N) is 1. The van der Waals surface area contributed by atoms with Crippen LogP contribution in [-0.2, 0) is 11.8 Å². The fourth-order valence-electron chi connectivity index (χ4n) is 2.55. The Labute approximate surface area is 182 Å². The van der Waals surface area contributed by atoms with Crippen molar-refractivity contribution < 1.29 is 22.7 Å². The van der Waals surface area contributed by atoms with Crippen LogP contribution in [0, 0.1) is 0 Å². The van der Waals surface area contributed by atoms with E-state index in [2.05, 4.69) is 21.7 Å². The number of thioether (sulfide) groups is 1. The molecule has 2 heterocycles. The Kier molecular flexibility index (Phi) is 7.20. The van der Waals surface area contributed by atoms with Gasteiger partial charge in [-0.25, -0.2) is 15.0 Å². The van der Waals surface area contributed by atoms with Gasteiger partial charge < -0.3 is 15.0 Å². The van der Waals surface area contributed by atoms with Gasteiger partial charge in [0.25, 0.3) is 5.91 Å². The number of imidazole rings is 1. The van der Waals surface area contributed by atoms with E-state index >= 15 is 0 Å². The molecule has 7 nitrogen and oxygen atoms in total. The molecule has 0 radical (unpaired) electrons. The highest BCUT2D eigenvalue weighted by molar-refractivity contribution is 7.99. The molecule has 0 saturated carbocycles. The van der Waals surface area contributed by atoms with E-state index in [0.29, 0.717) is 27.9 Å². The minimum Gasteiger partial charge on any atom is -0.476 e. The molecule has 2 aromatic heterocycles. The Bertz CT molecular complexity index is 1030. The van der Waals surface area contributed by atoms with Crippen molar-refractivity contribution in [2.24, 2.45) is 17.8 Å². The van der Waals surface area contributed by atoms with Crippen LogP contribution in [0.4, 0.5) is 19.0 Å². The second-order valence-corrected chi connectivity index (χ2v) is 8.42. The Hall–Kier alpha value is -2.82. The van der Waals surface area contributed by atoms with Crippen molar-refractivity contribution in [2.75, 3.05) is 5.75 Å². The number of carbonyl (C=O) groups is 1. The zero-order valence-electron chi connectivity index (χ0n) is 17.9. The standard InChI is InChI=1S/C20H24F3N5O2S/c1-7-31-14-9-12(30-19(3,4)18(24)29)10-26-15(14)17-27-13(16(25-5)28(17)6)8-11(2)20(21,22)23/h8-10H,5,7H2,1-4,6H3,(H2,24,29)/b11-8+. The number of ether oxygens (including phenoxy) is 1. The second kappa shape index (κ2) is 9.13. The van der Waals surface area contributed by atoms with Gasteiger partial charge in [-0.1, -0.05) is 6.92 Å². The first kappa shape index (κ1) is 24.4. The van der Waals surface area contributed by atoms with Crippen molar-refractivity contribution in [2.45, 2.75) is 44.4 Å². The monoisotopic (exact) mass is 455 g/mol. The molecule has 2 rings (SSSR count). The molecule has 31 heavy (non-hydrogen) atoms. The lowest BCUT2D eigenvalue weighted by atomic mass is 10.1. The van der Waals surface area contributed by atoms with Gasteiger partial charge in [0.15, 0.2) is 17.2 Å². The lowest BCUT2D eigenvalue weighted by molar-refractivity contribution is -0.130. The zero-order chi connectivity index (χ0) is 23.6. The average Bonchev–Trinajstić information content (AvgIpc) is 2.96. The molecule has 11 heteroatoms. The summed E-state index contributed by atoms with van der Waals surface area (Å²) in [5.41, 5.74) is 3.78. The molecular formula is C20H24F3N5O2S. The molecule has 168 valence electrons. The fourth-order valence-corrected chi connectivity index (χ4v) is 3.35. The maximum Gasteiger partial charge on any atom is 0.412 e. The minimum atomic E-state index is -4.48. The van der Waals surface area contributed by atoms with Gasteiger partial charge in [0.2, 0.25) is 0 Å². The van der Waals surface area contributed by atoms with E-state index in [4.69, 9.17) is 10.5 Å². The van der Waals surface area contributed by atoms with Crippen molar-refractivity contribution >= 4 is 36.3 Å². The van der Waals surface area contributed by atoms with Gasteiger partial charge in [-0.2, -0.15) is 13.2 Å². The number of allylic oxidation sites excluding steroid dienone is 1. The van der Waals surface area contributed by atoms with Crippen molar-refractivity contribution in [1.82, 2.24) is 14.5 Å². The molecule has 0 aromatic carbocycles. The Morgan fingerprint density at radius 2 is 2.06 bits per heavy atom. The number of primary amides is 1. The van der Waals surface area contributed by atoms with Crippen molar-refractivity contribution in [3.05, 3.63) is 23.5 Å². The van der Waals surface area contributed by atoms with E-state index in [0.717, 1.165) is 13.0 Å². The summed E-state index contributed by atoms with van der Waals surface area (Å²) in [7, 11) is 1.62. The van der Waals surface area contributed by atoms with Gasteiger partial charge in [0, 0.05) is 17.5 Å². The Morgan fingerprint density at radius 1 is 1.42 bits per heavy atom. The van der Waals surface area contributed by atoms with Crippen molar-refractivity contribution in [3.8, 4) is 17.3 Å². The fraction of sp³-hybridized carbons (Fsp3) is 0.400. The summed E-state index contributed by atoms with van der Waals surface area (Å²) in [6.45, 7) is 9.43. The quantitative estimate of drug-likeness (QED) is 0.466. The van der Waals surface area contributed by atoms with E-state index in [1.807, 2.05) is 6.92 Å². The topological polar surface area (TPSA) is 95.4 Å². The highest BCUT2D eigenvalue weighted by Crippen LogP contribution is 2.36. The van der Waals surface area contributed by atoms with Gasteiger partial charge in [-0.05, 0) is 45.4 Å². The third-order valence-electron chi connectivity index (χ3n) is 4.35. The van der Waals surface area contributed by atoms with Crippen LogP contribution in [0.5, 0.6) is 5.75 Å². The largest absolute Gasteiger partial charge is 0.476 e. The van der Waals surface area contributed by atoms with Gasteiger partial charge in [0.05, 0.1) is 6.20 Å². The Balaban J connectivity index is 2.60. The molecule has 0 atom stereocenters. The Morgan fingerprint density at radius 3 is 2.58 bits per heavy atom. The maximum absolute atomic E-state index is 13.0. The maximum atomic E-state index is 13.0. The summed E-state index contributed by atoms with van der Waals surface area (Å²) in [5.74, 6) is 0.883. The molecule has 2 aromatic rings. The molecule has 0 bridgehead atoms. The summed E-state index contributed by atoms with van der Waals surface area (Å²) in [6, 6.07) is 1.69. The number of halogens is 3. The van der Waals surface area contributed by atoms with E-state index < -0.39 is 23.3 Å². The first-order chi connectivity index (χ1) is 14.3. The van der Waals surface area contributed by atoms with Gasteiger partial charge in [-0.15, -0.1) is 11.8 Å². The third kappa shape index (κ3) is 5.46. The number of alkyl halides is 3. The predicted octanol–water partition coefficient (Wildman–Crippen LogP) is 4.53. The van der Waals surface area contributed by atoms with Crippen molar-refractivity contribution in [3.63, 3.8) is 0 Å². The number of hydrogen-bond donors (Lipinski definition) is 1. The van der Waals surface area contributed by atoms with Crippen LogP contribution >= 0.6 is 11.8 Å². The van der Waals surface area contributed by atoms with Gasteiger partial charge >= 0.3 is 6.18 Å². The van der Waals surface area contributed by atoms with E-state index in [-0.39, 0.29) is 11.5 Å². The molecule has 0 aliphatic heterocycles. The zero-order valence-corrected chi connectivity index (χ0v) is 18.7. The summed E-state index contributed by atoms with van der Waals surface area (Å²) in [5, 5.41) is 0. The van der Waals surface area contributed by atoms with E-state index in [9.17, 15) is 18.0 Å². The predicted molar refractivity (Wildman–Crippen MR) is 116 cm³/mol. The number of aromatic nitrogens is 3. The SMILES string of the molecule is C=Nc1c(/C=C(\C)C(F)(F)F)nc(-c2ncc(OC(C)(C)C(N)=O)cc2SCC)n1C. The molecule has 0 aliphatic carbocycles. The molecule has 0 saturated heterocycles. The third-order valence-corrected chi connectivity index (χ3v) is 5.26. The summed E-state index contributed by atoms with van der Waals surface area (Å²) in [4.78, 5) is 24.8. The highest BCUT2D eigenvalue weighted by Gasteiger charge is 2.31. The summed E-state index contributed by atoms with van der Waals surface area (Å²) >= 11 is 1.44. The molecule has 0 fully saturated rings. The molecule has 0 aliphatic rings. The first-order valence-electron chi connectivity index (χ1n) is 9.22. The minimum absolute atomic E-state index is 0.0340. The van der Waals surface area contributed by atoms with E-state index in [1.54, 1.807) is 13.1 Å². The van der Waals surface area contributed by atoms with Crippen LogP contribution < -0.4 is 10.5 Å². The highest BCUT2D eigenvalue weighted by atomic mass is 32.2. The van der Waals surface area contributed by atoms with Crippen LogP contribution in [-0.4, -0.2) is 44.7 Å². The number of pyridine rings is 1. The number of rotatable bonds is 8. The second-order valence-electron chi connectivity index (χ2n) is 7.11. The van der Waals surface area contributed by atoms with Crippen LogP contribution in [0.1, 0.15) is 33.4 Å². The van der Waals surface area contributed by atoms with Crippen LogP contribution in [0.15, 0.2) is 27.7 Å². The number of aliphatic imine (C=N–C) groups is 1. The summed E-state index contributed by atoms with van der Waals surface area (Å²) in [6.07, 6.45) is -2.15. The van der Waals surface area contributed by atoms with Crippen molar-refractivity contribution in [1.29, 1.82) is 0 Å². The average molecular weight is 456 g/mol. The van der Waals surface area contributed by atoms with Gasteiger partial charge in [0.1, 0.15) is 17.1 Å². The lowest BCUT2D eigenvalue weighted by Gasteiger charge is -2.23. The van der Waals surface area contributed by atoms with E-state index in [1.165, 1.54) is 36.4 Å². The number of carbonyl (C=O) groups excluding carboxylic acids is 1. The first-order valence-corrected chi connectivity index (χ1v) is 10.2. The van der Waals surface area contributed by atoms with Crippen LogP contribution in [0.3, 0.4) is 0 Å². The number of hydrogen-bond acceptors (Lipinski definition) is 6. The van der Waals surface area contributed by atoms with Crippen LogP contribution in [0.2, 0.25) is 0 Å². The summed E-state index contributed by atoms with van der Waals surface area (Å²) < 4.78 is 46.2. The molecular weight excluding hydrogens is 431 g/mol. The molecule has 2 N–H and O–H groups in total. The molecule has 1 amide bonds. The van der Waals surface area contributed by atoms with Crippen LogP contribution in [0.25, 0.3) is 17.6 Å². The normalized spacial score (nSPS) is 12.7. The lowest BCUT2D eigenvalue weighted by Crippen LogP contribution is -2.43.